The summed E-state index contributed by atoms with van der Waals surface area (Å²) in [5.41, 5.74) is 1.18. The van der Waals surface area contributed by atoms with E-state index in [-0.39, 0.29) is 11.9 Å². The molecule has 1 aromatic rings. The van der Waals surface area contributed by atoms with E-state index < -0.39 is 0 Å². The van der Waals surface area contributed by atoms with Crippen molar-refractivity contribution in [1.82, 2.24) is 10.6 Å². The van der Waals surface area contributed by atoms with E-state index in [4.69, 9.17) is 9.47 Å². The van der Waals surface area contributed by atoms with Gasteiger partial charge in [0.05, 0.1) is 12.6 Å². The molecule has 0 spiro atoms. The van der Waals surface area contributed by atoms with Gasteiger partial charge in [-0.25, -0.2) is 0 Å². The Hall–Kier alpha value is -1.59. The second-order valence-electron chi connectivity index (χ2n) is 5.22. The zero-order chi connectivity index (χ0) is 15.1. The van der Waals surface area contributed by atoms with Gasteiger partial charge in [-0.05, 0) is 36.9 Å². The van der Waals surface area contributed by atoms with Gasteiger partial charge in [-0.1, -0.05) is 18.2 Å². The predicted molar refractivity (Wildman–Crippen MR) is 81.6 cm³/mol. The van der Waals surface area contributed by atoms with Crippen LogP contribution in [0.1, 0.15) is 24.3 Å². The van der Waals surface area contributed by atoms with Crippen LogP contribution in [0.25, 0.3) is 0 Å². The second kappa shape index (κ2) is 8.00. The topological polar surface area (TPSA) is 59.6 Å². The van der Waals surface area contributed by atoms with Crippen molar-refractivity contribution in [1.29, 1.82) is 0 Å². The van der Waals surface area contributed by atoms with Crippen molar-refractivity contribution in [2.75, 3.05) is 33.9 Å². The first-order valence-electron chi connectivity index (χ1n) is 7.42. The maximum Gasteiger partial charge on any atom is 0.236 e. The maximum absolute atomic E-state index is 11.8. The average Bonchev–Trinajstić information content (AvgIpc) is 2.55. The van der Waals surface area contributed by atoms with Crippen molar-refractivity contribution in [3.63, 3.8) is 0 Å². The van der Waals surface area contributed by atoms with E-state index >= 15 is 0 Å². The average molecular weight is 292 g/mol. The number of para-hydroxylation sites is 1. The third kappa shape index (κ3) is 4.19. The molecule has 2 N–H and O–H groups in total. The maximum atomic E-state index is 11.8. The molecule has 116 valence electrons. The first-order chi connectivity index (χ1) is 10.3. The Labute approximate surface area is 126 Å². The number of piperidine rings is 1. The molecular formula is C16H24N2O3. The van der Waals surface area contributed by atoms with Crippen LogP contribution in [-0.2, 0) is 9.53 Å². The lowest BCUT2D eigenvalue weighted by Gasteiger charge is -2.30. The summed E-state index contributed by atoms with van der Waals surface area (Å²) >= 11 is 0. The van der Waals surface area contributed by atoms with Crippen LogP contribution in [0.4, 0.5) is 0 Å². The lowest BCUT2D eigenvalue weighted by molar-refractivity contribution is -0.123. The van der Waals surface area contributed by atoms with Crippen molar-refractivity contribution >= 4 is 5.91 Å². The molecule has 1 aliphatic heterocycles. The highest BCUT2D eigenvalue weighted by atomic mass is 16.5. The quantitative estimate of drug-likeness (QED) is 0.776. The lowest BCUT2D eigenvalue weighted by atomic mass is 9.85. The van der Waals surface area contributed by atoms with Crippen LogP contribution < -0.4 is 15.4 Å². The largest absolute Gasteiger partial charge is 0.491 e. The van der Waals surface area contributed by atoms with Gasteiger partial charge in [0.1, 0.15) is 12.4 Å². The molecule has 0 saturated carbocycles. The van der Waals surface area contributed by atoms with E-state index in [1.165, 1.54) is 5.56 Å². The van der Waals surface area contributed by atoms with Gasteiger partial charge >= 0.3 is 0 Å². The van der Waals surface area contributed by atoms with E-state index in [2.05, 4.69) is 16.7 Å². The molecule has 1 fully saturated rings. The molecule has 2 rings (SSSR count). The number of hydrogen-bond acceptors (Lipinski definition) is 4. The Morgan fingerprint density at radius 3 is 2.95 bits per heavy atom. The van der Waals surface area contributed by atoms with Crippen LogP contribution in [0.15, 0.2) is 24.3 Å². The van der Waals surface area contributed by atoms with Crippen LogP contribution in [-0.4, -0.2) is 45.9 Å². The number of benzene rings is 1. The van der Waals surface area contributed by atoms with Crippen LogP contribution >= 0.6 is 0 Å². The summed E-state index contributed by atoms with van der Waals surface area (Å²) in [7, 11) is 3.34. The second-order valence-corrected chi connectivity index (χ2v) is 5.22. The molecule has 1 saturated heterocycles. The van der Waals surface area contributed by atoms with Crippen molar-refractivity contribution in [2.45, 2.75) is 24.8 Å². The SMILES string of the molecule is CNC(=O)C1CC(c2ccccc2OCCOC)CCN1. The zero-order valence-corrected chi connectivity index (χ0v) is 12.7. The zero-order valence-electron chi connectivity index (χ0n) is 12.7. The normalized spacial score (nSPS) is 21.8. The number of amides is 1. The molecule has 5 heteroatoms. The van der Waals surface area contributed by atoms with Crippen LogP contribution in [0.2, 0.25) is 0 Å². The Balaban J connectivity index is 2.07. The minimum Gasteiger partial charge on any atom is -0.491 e. The van der Waals surface area contributed by atoms with E-state index in [1.807, 2.05) is 18.2 Å². The van der Waals surface area contributed by atoms with Gasteiger partial charge in [-0.2, -0.15) is 0 Å². The Morgan fingerprint density at radius 1 is 1.38 bits per heavy atom. The first-order valence-corrected chi connectivity index (χ1v) is 7.42. The molecule has 0 bridgehead atoms. The number of hydrogen-bond donors (Lipinski definition) is 2. The van der Waals surface area contributed by atoms with Gasteiger partial charge in [0.2, 0.25) is 5.91 Å². The molecule has 1 amide bonds. The highest BCUT2D eigenvalue weighted by Gasteiger charge is 2.28. The molecular weight excluding hydrogens is 268 g/mol. The fourth-order valence-corrected chi connectivity index (χ4v) is 2.76. The van der Waals surface area contributed by atoms with Crippen LogP contribution in [0.3, 0.4) is 0 Å². The Bertz CT molecular complexity index is 465. The standard InChI is InChI=1S/C16H24N2O3/c1-17-16(19)14-11-12(7-8-18-14)13-5-3-4-6-15(13)21-10-9-20-2/h3-6,12,14,18H,7-11H2,1-2H3,(H,17,19). The summed E-state index contributed by atoms with van der Waals surface area (Å²) in [6, 6.07) is 7.96. The number of nitrogens with one attached hydrogen (secondary N) is 2. The van der Waals surface area contributed by atoms with Crippen molar-refractivity contribution in [3.8, 4) is 5.75 Å². The minimum atomic E-state index is -0.124. The fourth-order valence-electron chi connectivity index (χ4n) is 2.76. The molecule has 1 aliphatic rings. The Kier molecular flexibility index (Phi) is 6.02. The van der Waals surface area contributed by atoms with E-state index in [0.29, 0.717) is 19.1 Å². The van der Waals surface area contributed by atoms with Crippen LogP contribution in [0, 0.1) is 0 Å². The minimum absolute atomic E-state index is 0.0532. The summed E-state index contributed by atoms with van der Waals surface area (Å²) < 4.78 is 10.8. The number of ether oxygens (including phenoxy) is 2. The van der Waals surface area contributed by atoms with E-state index in [9.17, 15) is 4.79 Å². The van der Waals surface area contributed by atoms with Crippen molar-refractivity contribution in [2.24, 2.45) is 0 Å². The summed E-state index contributed by atoms with van der Waals surface area (Å²) in [4.78, 5) is 11.8. The van der Waals surface area contributed by atoms with E-state index in [1.54, 1.807) is 14.2 Å². The molecule has 1 heterocycles. The highest BCUT2D eigenvalue weighted by Crippen LogP contribution is 2.34. The number of rotatable bonds is 6. The highest BCUT2D eigenvalue weighted by molar-refractivity contribution is 5.81. The molecule has 21 heavy (non-hydrogen) atoms. The predicted octanol–water partition coefficient (Wildman–Crippen LogP) is 1.29. The molecule has 0 aliphatic carbocycles. The summed E-state index contributed by atoms with van der Waals surface area (Å²) in [6.07, 6.45) is 1.81. The molecule has 2 unspecified atom stereocenters. The van der Waals surface area contributed by atoms with Crippen LogP contribution in [0.5, 0.6) is 5.75 Å². The van der Waals surface area contributed by atoms with Gasteiger partial charge in [0.25, 0.3) is 0 Å². The lowest BCUT2D eigenvalue weighted by Crippen LogP contribution is -2.47. The summed E-state index contributed by atoms with van der Waals surface area (Å²) in [5, 5.41) is 5.98. The third-order valence-corrected chi connectivity index (χ3v) is 3.87. The summed E-state index contributed by atoms with van der Waals surface area (Å²) in [5.74, 6) is 1.29. The molecule has 0 aromatic heterocycles. The number of carbonyl (C=O) groups excluding carboxylic acids is 1. The van der Waals surface area contributed by atoms with Crippen molar-refractivity contribution < 1.29 is 14.3 Å². The van der Waals surface area contributed by atoms with E-state index in [0.717, 1.165) is 25.1 Å². The molecule has 2 atom stereocenters. The number of carbonyl (C=O) groups is 1. The Morgan fingerprint density at radius 2 is 2.19 bits per heavy atom. The van der Waals surface area contributed by atoms with Gasteiger partial charge < -0.3 is 20.1 Å². The number of likely N-dealkylation sites (N-methyl/N-ethyl adjacent to an activating group) is 1. The monoisotopic (exact) mass is 292 g/mol. The molecule has 1 aromatic carbocycles. The van der Waals surface area contributed by atoms with Gasteiger partial charge in [0.15, 0.2) is 0 Å². The molecule has 0 radical (unpaired) electrons. The first kappa shape index (κ1) is 15.8. The van der Waals surface area contributed by atoms with Gasteiger partial charge in [-0.15, -0.1) is 0 Å². The van der Waals surface area contributed by atoms with Gasteiger partial charge in [-0.3, -0.25) is 4.79 Å². The van der Waals surface area contributed by atoms with Gasteiger partial charge in [0, 0.05) is 14.2 Å². The third-order valence-electron chi connectivity index (χ3n) is 3.87. The molecule has 5 nitrogen and oxygen atoms in total. The summed E-state index contributed by atoms with van der Waals surface area (Å²) in [6.45, 7) is 1.95. The number of methoxy groups -OCH3 is 1. The van der Waals surface area contributed by atoms with Crippen molar-refractivity contribution in [3.05, 3.63) is 29.8 Å². The smallest absolute Gasteiger partial charge is 0.236 e. The fraction of sp³-hybridized carbons (Fsp3) is 0.562.